The molecule has 0 saturated heterocycles. The number of hydrogen-bond donors (Lipinski definition) is 3. The van der Waals surface area contributed by atoms with E-state index >= 15 is 0 Å². The fourth-order valence-electron chi connectivity index (χ4n) is 2.83. The number of guanidine groups is 1. The van der Waals surface area contributed by atoms with Crippen molar-refractivity contribution in [3.8, 4) is 11.5 Å². The largest absolute Gasteiger partial charge is 0.486 e. The Morgan fingerprint density at radius 1 is 1.11 bits per heavy atom. The van der Waals surface area contributed by atoms with Crippen molar-refractivity contribution in [3.05, 3.63) is 48.3 Å². The average Bonchev–Trinajstić information content (AvgIpc) is 3.02. The molecule has 0 fully saturated rings. The van der Waals surface area contributed by atoms with Crippen molar-refractivity contribution >= 4 is 29.1 Å². The van der Waals surface area contributed by atoms with Gasteiger partial charge in [-0.25, -0.2) is 9.38 Å². The van der Waals surface area contributed by atoms with Crippen molar-refractivity contribution in [2.45, 2.75) is 12.5 Å². The monoisotopic (exact) mass is 384 g/mol. The Labute approximate surface area is 159 Å². The Balaban J connectivity index is 1.36. The van der Waals surface area contributed by atoms with Gasteiger partial charge < -0.3 is 20.1 Å². The van der Waals surface area contributed by atoms with Gasteiger partial charge in [-0.1, -0.05) is 0 Å². The predicted molar refractivity (Wildman–Crippen MR) is 100 cm³/mol. The van der Waals surface area contributed by atoms with Crippen LogP contribution in [0.5, 0.6) is 11.5 Å². The standard InChI is InChI=1S/C19H17FN4O4/c20-11-1-3-12(4-2-11)22-19-23-14(18(26)24-19)10-17(25)21-13-5-6-15-16(9-13)28-8-7-27-15/h1-6,9,14H,7-8,10H2,(H,21,25)(H2,22,23,24,26). The molecule has 2 heterocycles. The van der Waals surface area contributed by atoms with Gasteiger partial charge in [0.15, 0.2) is 11.5 Å². The molecule has 0 aliphatic carbocycles. The molecule has 0 radical (unpaired) electrons. The topological polar surface area (TPSA) is 101 Å². The first-order valence-electron chi connectivity index (χ1n) is 8.67. The molecule has 2 aromatic rings. The molecule has 9 heteroatoms. The minimum Gasteiger partial charge on any atom is -0.486 e. The van der Waals surface area contributed by atoms with Crippen LogP contribution in [0.3, 0.4) is 0 Å². The number of carbonyl (C=O) groups excluding carboxylic acids is 2. The van der Waals surface area contributed by atoms with Crippen LogP contribution in [-0.2, 0) is 9.59 Å². The second-order valence-corrected chi connectivity index (χ2v) is 6.23. The summed E-state index contributed by atoms with van der Waals surface area (Å²) in [6.07, 6.45) is -0.116. The van der Waals surface area contributed by atoms with E-state index in [2.05, 4.69) is 20.9 Å². The minimum atomic E-state index is -0.847. The van der Waals surface area contributed by atoms with Gasteiger partial charge in [0, 0.05) is 17.4 Å². The molecule has 144 valence electrons. The molecule has 2 aliphatic rings. The summed E-state index contributed by atoms with van der Waals surface area (Å²) in [5.74, 6) is 0.294. The maximum Gasteiger partial charge on any atom is 0.252 e. The van der Waals surface area contributed by atoms with Crippen LogP contribution in [0.25, 0.3) is 0 Å². The van der Waals surface area contributed by atoms with E-state index in [0.29, 0.717) is 36.1 Å². The molecule has 8 nitrogen and oxygen atoms in total. The Morgan fingerprint density at radius 2 is 1.82 bits per heavy atom. The molecule has 0 aromatic heterocycles. The van der Waals surface area contributed by atoms with Crippen LogP contribution in [0.15, 0.2) is 47.5 Å². The predicted octanol–water partition coefficient (Wildman–Crippen LogP) is 1.89. The molecule has 0 saturated carbocycles. The number of rotatable bonds is 4. The van der Waals surface area contributed by atoms with Crippen molar-refractivity contribution in [2.75, 3.05) is 23.8 Å². The number of hydrogen-bond acceptors (Lipinski definition) is 6. The van der Waals surface area contributed by atoms with Crippen LogP contribution in [0.1, 0.15) is 6.42 Å². The molecule has 2 amide bonds. The first kappa shape index (κ1) is 17.8. The molecule has 1 atom stereocenters. The van der Waals surface area contributed by atoms with Crippen LogP contribution in [0.4, 0.5) is 15.8 Å². The Bertz CT molecular complexity index is 945. The molecule has 2 aromatic carbocycles. The lowest BCUT2D eigenvalue weighted by Gasteiger charge is -2.19. The Kier molecular flexibility index (Phi) is 4.79. The van der Waals surface area contributed by atoms with E-state index in [9.17, 15) is 14.0 Å². The van der Waals surface area contributed by atoms with Crippen LogP contribution < -0.4 is 25.4 Å². The fourth-order valence-corrected chi connectivity index (χ4v) is 2.83. The number of benzene rings is 2. The summed E-state index contributed by atoms with van der Waals surface area (Å²) < 4.78 is 23.9. The number of nitrogens with zero attached hydrogens (tertiary/aromatic N) is 1. The number of nitrogens with one attached hydrogen (secondary N) is 3. The third kappa shape index (κ3) is 4.03. The molecule has 28 heavy (non-hydrogen) atoms. The van der Waals surface area contributed by atoms with Crippen molar-refractivity contribution in [1.29, 1.82) is 0 Å². The number of carbonyl (C=O) groups is 2. The van der Waals surface area contributed by atoms with Crippen LogP contribution in [0, 0.1) is 5.82 Å². The molecule has 0 spiro atoms. The van der Waals surface area contributed by atoms with Crippen LogP contribution in [-0.4, -0.2) is 37.0 Å². The first-order chi connectivity index (χ1) is 13.6. The van der Waals surface area contributed by atoms with E-state index in [1.165, 1.54) is 24.3 Å². The summed E-state index contributed by atoms with van der Waals surface area (Å²) in [5, 5.41) is 8.17. The lowest BCUT2D eigenvalue weighted by atomic mass is 10.2. The van der Waals surface area contributed by atoms with Crippen molar-refractivity contribution in [1.82, 2.24) is 5.32 Å². The summed E-state index contributed by atoms with van der Waals surface area (Å²) in [6.45, 7) is 0.937. The maximum absolute atomic E-state index is 13.0. The molecule has 1 unspecified atom stereocenters. The number of aliphatic imine (C=N–C) groups is 1. The summed E-state index contributed by atoms with van der Waals surface area (Å²) in [4.78, 5) is 28.5. The van der Waals surface area contributed by atoms with Crippen molar-refractivity contribution in [3.63, 3.8) is 0 Å². The number of fused-ring (bicyclic) bond motifs is 1. The maximum atomic E-state index is 13.0. The highest BCUT2D eigenvalue weighted by Gasteiger charge is 2.28. The van der Waals surface area contributed by atoms with E-state index < -0.39 is 6.04 Å². The van der Waals surface area contributed by atoms with Crippen LogP contribution in [0.2, 0.25) is 0 Å². The van der Waals surface area contributed by atoms with Crippen molar-refractivity contribution in [2.24, 2.45) is 4.99 Å². The number of anilines is 2. The lowest BCUT2D eigenvalue weighted by molar-refractivity contribution is -0.123. The smallest absolute Gasteiger partial charge is 0.252 e. The van der Waals surface area contributed by atoms with E-state index in [4.69, 9.17) is 9.47 Å². The van der Waals surface area contributed by atoms with Gasteiger partial charge in [0.1, 0.15) is 25.1 Å². The van der Waals surface area contributed by atoms with Crippen molar-refractivity contribution < 1.29 is 23.5 Å². The fraction of sp³-hybridized carbons (Fsp3) is 0.211. The van der Waals surface area contributed by atoms with Gasteiger partial charge in [-0.05, 0) is 36.4 Å². The van der Waals surface area contributed by atoms with Gasteiger partial charge in [-0.15, -0.1) is 0 Å². The molecular weight excluding hydrogens is 367 g/mol. The zero-order valence-corrected chi connectivity index (χ0v) is 14.7. The van der Waals surface area contributed by atoms with Gasteiger partial charge in [-0.3, -0.25) is 14.9 Å². The quantitative estimate of drug-likeness (QED) is 0.747. The van der Waals surface area contributed by atoms with Gasteiger partial charge in [0.2, 0.25) is 11.9 Å². The average molecular weight is 384 g/mol. The third-order valence-electron chi connectivity index (χ3n) is 4.14. The number of halogens is 1. The first-order valence-corrected chi connectivity index (χ1v) is 8.67. The highest BCUT2D eigenvalue weighted by atomic mass is 19.1. The molecule has 0 bridgehead atoms. The highest BCUT2D eigenvalue weighted by molar-refractivity contribution is 6.11. The third-order valence-corrected chi connectivity index (χ3v) is 4.14. The zero-order valence-electron chi connectivity index (χ0n) is 14.7. The van der Waals surface area contributed by atoms with E-state index in [1.807, 2.05) is 0 Å². The summed E-state index contributed by atoms with van der Waals surface area (Å²) in [7, 11) is 0. The van der Waals surface area contributed by atoms with E-state index in [0.717, 1.165) is 0 Å². The molecular formula is C19H17FN4O4. The second-order valence-electron chi connectivity index (χ2n) is 6.23. The van der Waals surface area contributed by atoms with Crippen LogP contribution >= 0.6 is 0 Å². The SMILES string of the molecule is O=C(CC1N=C(Nc2ccc(F)cc2)NC1=O)Nc1ccc2c(c1)OCCO2. The summed E-state index contributed by atoms with van der Waals surface area (Å²) >= 11 is 0. The van der Waals surface area contributed by atoms with Gasteiger partial charge >= 0.3 is 0 Å². The van der Waals surface area contributed by atoms with Gasteiger partial charge in [0.25, 0.3) is 5.91 Å². The normalized spacial score (nSPS) is 17.5. The number of ether oxygens (including phenoxy) is 2. The molecule has 4 rings (SSSR count). The summed E-state index contributed by atoms with van der Waals surface area (Å²) in [6, 6.07) is 9.86. The molecule has 3 N–H and O–H groups in total. The zero-order chi connectivity index (χ0) is 19.5. The minimum absolute atomic E-state index is 0.116. The number of amides is 2. The Morgan fingerprint density at radius 3 is 2.61 bits per heavy atom. The van der Waals surface area contributed by atoms with Gasteiger partial charge in [-0.2, -0.15) is 0 Å². The lowest BCUT2D eigenvalue weighted by Crippen LogP contribution is -2.33. The molecule has 2 aliphatic heterocycles. The van der Waals surface area contributed by atoms with E-state index in [-0.39, 0.29) is 30.0 Å². The summed E-state index contributed by atoms with van der Waals surface area (Å²) in [5.41, 5.74) is 1.11. The van der Waals surface area contributed by atoms with Gasteiger partial charge in [0.05, 0.1) is 6.42 Å². The highest BCUT2D eigenvalue weighted by Crippen LogP contribution is 2.32. The van der Waals surface area contributed by atoms with E-state index in [1.54, 1.807) is 18.2 Å². The second kappa shape index (κ2) is 7.55. The Hall–Kier alpha value is -3.62.